The molecule has 6 atom stereocenters. The highest BCUT2D eigenvalue weighted by atomic mass is 16.4. The second kappa shape index (κ2) is 24.7. The molecule has 0 fully saturated rings. The standard InChI is InChI=1S/C42H59N9O11/c1-4-5-13-34(40(59)50-33(42(61)62)21-36(54)55)51(3)41(60)32(20-26-22-45-30-12-7-6-10-28(26)30)48-35(53)23-46-39(58)31(19-25-14-16-27(52)17-15-25)49-37(56)24(2)47-38(57)29(44)11-8-9-18-43/h6-7,10,12,14-17,22,24,29,31-34,45,52H,4-5,8-9,11,13,18-21,23,43-44H2,1-3H3,(H,46,58)(H,47,57)(H,48,53)(H,49,56)(H,50,59)(H,54,55)(H,61,62)/t24-,29+,31-,32-,33-,34-/m0/s1. The lowest BCUT2D eigenvalue weighted by Gasteiger charge is -2.31. The number of carboxylic acid groups (broad SMARTS) is 2. The number of aromatic nitrogens is 1. The van der Waals surface area contributed by atoms with E-state index < -0.39 is 96.6 Å². The molecular formula is C42H59N9O11. The van der Waals surface area contributed by atoms with Crippen molar-refractivity contribution in [1.29, 1.82) is 0 Å². The molecule has 3 aromatic rings. The number of amides is 6. The summed E-state index contributed by atoms with van der Waals surface area (Å²) in [5.74, 6) is -7.58. The minimum Gasteiger partial charge on any atom is -0.508 e. The lowest BCUT2D eigenvalue weighted by molar-refractivity contribution is -0.148. The SMILES string of the molecule is CCCC[C@@H](C(=O)N[C@@H](CC(=O)O)C(=O)O)N(C)C(=O)[C@H](Cc1c[nH]c2ccccc12)NC(=O)CNC(=O)[C@H](Cc1ccc(O)cc1)NC(=O)[C@H](C)NC(=O)[C@H](N)CCCCN. The van der Waals surface area contributed by atoms with E-state index in [1.807, 2.05) is 25.1 Å². The summed E-state index contributed by atoms with van der Waals surface area (Å²) in [6.07, 6.45) is 3.38. The number of hydrogen-bond donors (Lipinski definition) is 11. The smallest absolute Gasteiger partial charge is 0.326 e. The Morgan fingerprint density at radius 3 is 2.10 bits per heavy atom. The molecule has 1 aromatic heterocycles. The van der Waals surface area contributed by atoms with E-state index >= 15 is 0 Å². The van der Waals surface area contributed by atoms with Crippen molar-refractivity contribution in [2.24, 2.45) is 11.5 Å². The molecule has 0 spiro atoms. The minimum absolute atomic E-state index is 0.0306. The van der Waals surface area contributed by atoms with E-state index in [2.05, 4.69) is 31.6 Å². The van der Waals surface area contributed by atoms with Crippen molar-refractivity contribution in [2.45, 2.75) is 108 Å². The third-order valence-electron chi connectivity index (χ3n) is 10.2. The van der Waals surface area contributed by atoms with Crippen molar-refractivity contribution < 1.29 is 53.7 Å². The molecule has 0 aliphatic heterocycles. The highest BCUT2D eigenvalue weighted by Crippen LogP contribution is 2.21. The van der Waals surface area contributed by atoms with Crippen molar-refractivity contribution in [2.75, 3.05) is 20.1 Å². The molecular weight excluding hydrogens is 807 g/mol. The normalized spacial score (nSPS) is 14.0. The highest BCUT2D eigenvalue weighted by molar-refractivity contribution is 5.97. The van der Waals surface area contributed by atoms with Crippen LogP contribution in [0, 0.1) is 0 Å². The second-order valence-corrected chi connectivity index (χ2v) is 15.1. The number of hydrogen-bond acceptors (Lipinski definition) is 11. The molecule has 0 unspecified atom stereocenters. The molecule has 3 rings (SSSR count). The number of likely N-dealkylation sites (N-methyl/N-ethyl adjacent to an activating group) is 1. The van der Waals surface area contributed by atoms with Crippen LogP contribution >= 0.6 is 0 Å². The van der Waals surface area contributed by atoms with Gasteiger partial charge in [0.1, 0.15) is 36.0 Å². The van der Waals surface area contributed by atoms with Crippen molar-refractivity contribution in [3.8, 4) is 5.75 Å². The van der Waals surface area contributed by atoms with Crippen LogP contribution in [0.2, 0.25) is 0 Å². The Bertz CT molecular complexity index is 2020. The van der Waals surface area contributed by atoms with Crippen LogP contribution in [0.3, 0.4) is 0 Å². The lowest BCUT2D eigenvalue weighted by atomic mass is 10.0. The molecule has 6 amide bonds. The monoisotopic (exact) mass is 865 g/mol. The molecule has 338 valence electrons. The maximum absolute atomic E-state index is 14.3. The van der Waals surface area contributed by atoms with Crippen molar-refractivity contribution in [3.63, 3.8) is 0 Å². The van der Waals surface area contributed by atoms with Crippen LogP contribution < -0.4 is 38.1 Å². The van der Waals surface area contributed by atoms with Crippen LogP contribution in [-0.2, 0) is 51.2 Å². The van der Waals surface area contributed by atoms with Crippen LogP contribution in [0.5, 0.6) is 5.75 Å². The highest BCUT2D eigenvalue weighted by Gasteiger charge is 2.35. The lowest BCUT2D eigenvalue weighted by Crippen LogP contribution is -2.58. The number of benzene rings is 2. The van der Waals surface area contributed by atoms with E-state index in [-0.39, 0.29) is 25.0 Å². The summed E-state index contributed by atoms with van der Waals surface area (Å²) >= 11 is 0. The first-order chi connectivity index (χ1) is 29.4. The Morgan fingerprint density at radius 1 is 0.774 bits per heavy atom. The number of rotatable bonds is 26. The molecule has 0 saturated heterocycles. The van der Waals surface area contributed by atoms with Crippen molar-refractivity contribution in [1.82, 2.24) is 36.5 Å². The van der Waals surface area contributed by atoms with E-state index in [0.717, 1.165) is 15.8 Å². The van der Waals surface area contributed by atoms with Gasteiger partial charge in [0, 0.05) is 37.0 Å². The molecule has 0 aliphatic rings. The zero-order chi connectivity index (χ0) is 45.9. The van der Waals surface area contributed by atoms with Gasteiger partial charge < -0.3 is 63.3 Å². The van der Waals surface area contributed by atoms with Crippen LogP contribution in [0.1, 0.15) is 69.9 Å². The van der Waals surface area contributed by atoms with E-state index in [0.29, 0.717) is 49.8 Å². The van der Waals surface area contributed by atoms with Crippen LogP contribution in [-0.4, -0.2) is 129 Å². The zero-order valence-electron chi connectivity index (χ0n) is 35.1. The number of aromatic hydroxyl groups is 1. The average molecular weight is 866 g/mol. The van der Waals surface area contributed by atoms with E-state index in [9.17, 15) is 53.7 Å². The van der Waals surface area contributed by atoms with Crippen molar-refractivity contribution in [3.05, 3.63) is 65.9 Å². The third-order valence-corrected chi connectivity index (χ3v) is 10.2. The maximum atomic E-state index is 14.3. The van der Waals surface area contributed by atoms with Crippen LogP contribution in [0.15, 0.2) is 54.7 Å². The van der Waals surface area contributed by atoms with Gasteiger partial charge in [-0.1, -0.05) is 56.5 Å². The summed E-state index contributed by atoms with van der Waals surface area (Å²) in [6.45, 7) is 3.04. The first kappa shape index (κ1) is 49.8. The number of fused-ring (bicyclic) bond motifs is 1. The summed E-state index contributed by atoms with van der Waals surface area (Å²) in [6, 6.07) is 5.50. The van der Waals surface area contributed by atoms with E-state index in [1.54, 1.807) is 24.4 Å². The van der Waals surface area contributed by atoms with Gasteiger partial charge >= 0.3 is 11.9 Å². The fraction of sp³-hybridized carbons (Fsp3) is 0.476. The largest absolute Gasteiger partial charge is 0.508 e. The Kier molecular flexibility index (Phi) is 19.8. The minimum atomic E-state index is -1.77. The fourth-order valence-electron chi connectivity index (χ4n) is 6.60. The summed E-state index contributed by atoms with van der Waals surface area (Å²) in [7, 11) is 1.32. The average Bonchev–Trinajstić information content (AvgIpc) is 3.64. The number of carbonyl (C=O) groups is 8. The van der Waals surface area contributed by atoms with Gasteiger partial charge in [-0.25, -0.2) is 4.79 Å². The van der Waals surface area contributed by atoms with Gasteiger partial charge in [-0.15, -0.1) is 0 Å². The quantitative estimate of drug-likeness (QED) is 0.0465. The first-order valence-corrected chi connectivity index (χ1v) is 20.4. The number of nitrogens with zero attached hydrogens (tertiary/aromatic N) is 1. The molecule has 20 nitrogen and oxygen atoms in total. The number of aliphatic carboxylic acids is 2. The number of carboxylic acids is 2. The molecule has 1 heterocycles. The number of unbranched alkanes of at least 4 members (excludes halogenated alkanes) is 2. The number of aromatic amines is 1. The van der Waals surface area contributed by atoms with Gasteiger partial charge in [-0.2, -0.15) is 0 Å². The van der Waals surface area contributed by atoms with E-state index in [1.165, 1.54) is 26.1 Å². The number of phenols is 1. The van der Waals surface area contributed by atoms with Gasteiger partial charge in [-0.3, -0.25) is 33.6 Å². The van der Waals surface area contributed by atoms with Gasteiger partial charge in [0.25, 0.3) is 0 Å². The first-order valence-electron chi connectivity index (χ1n) is 20.4. The predicted molar refractivity (Wildman–Crippen MR) is 227 cm³/mol. The Hall–Kier alpha value is -6.54. The number of para-hydroxylation sites is 1. The summed E-state index contributed by atoms with van der Waals surface area (Å²) in [5, 5.41) is 41.8. The Balaban J connectivity index is 1.83. The van der Waals surface area contributed by atoms with E-state index in [4.69, 9.17) is 11.5 Å². The fourth-order valence-corrected chi connectivity index (χ4v) is 6.60. The maximum Gasteiger partial charge on any atom is 0.326 e. The third kappa shape index (κ3) is 15.5. The number of nitrogens with one attached hydrogen (secondary N) is 6. The molecule has 13 N–H and O–H groups in total. The van der Waals surface area contributed by atoms with Crippen LogP contribution in [0.25, 0.3) is 10.9 Å². The van der Waals surface area contributed by atoms with Gasteiger partial charge in [0.15, 0.2) is 0 Å². The second-order valence-electron chi connectivity index (χ2n) is 15.1. The predicted octanol–water partition coefficient (Wildman–Crippen LogP) is -0.233. The number of carbonyl (C=O) groups excluding carboxylic acids is 6. The summed E-state index contributed by atoms with van der Waals surface area (Å²) < 4.78 is 0. The molecule has 62 heavy (non-hydrogen) atoms. The van der Waals surface area contributed by atoms with Crippen molar-refractivity contribution >= 4 is 58.3 Å². The summed E-state index contributed by atoms with van der Waals surface area (Å²) in [4.78, 5) is 108. The topological polar surface area (TPSA) is 328 Å². The molecule has 0 saturated carbocycles. The van der Waals surface area contributed by atoms with Crippen LogP contribution in [0.4, 0.5) is 0 Å². The van der Waals surface area contributed by atoms with Gasteiger partial charge in [0.05, 0.1) is 19.0 Å². The molecule has 2 aromatic carbocycles. The van der Waals surface area contributed by atoms with Gasteiger partial charge in [-0.05, 0) is 62.1 Å². The molecule has 0 aliphatic carbocycles. The number of nitrogens with two attached hydrogens (primary N) is 2. The summed E-state index contributed by atoms with van der Waals surface area (Å²) in [5.41, 5.74) is 13.4. The number of H-pyrrole nitrogens is 1. The molecule has 0 bridgehead atoms. The molecule has 0 radical (unpaired) electrons. The molecule has 20 heteroatoms. The zero-order valence-corrected chi connectivity index (χ0v) is 35.1. The Morgan fingerprint density at radius 2 is 1.45 bits per heavy atom. The number of phenolic OH excluding ortho intramolecular Hbond substituents is 1. The Labute approximate surface area is 358 Å². The van der Waals surface area contributed by atoms with Gasteiger partial charge in [0.2, 0.25) is 35.4 Å².